The summed E-state index contributed by atoms with van der Waals surface area (Å²) in [5.74, 6) is 2.03. The van der Waals surface area contributed by atoms with E-state index in [0.29, 0.717) is 11.8 Å². The average molecular weight is 389 g/mol. The highest BCUT2D eigenvalue weighted by Gasteiger charge is 2.37. The number of amides is 1. The van der Waals surface area contributed by atoms with Crippen LogP contribution in [-0.2, 0) is 11.3 Å². The van der Waals surface area contributed by atoms with Gasteiger partial charge in [-0.2, -0.15) is 0 Å². The number of furan rings is 1. The van der Waals surface area contributed by atoms with E-state index in [1.54, 1.807) is 0 Å². The maximum Gasteiger partial charge on any atom is 0.220 e. The monoisotopic (exact) mass is 389 g/mol. The predicted octanol–water partition coefficient (Wildman–Crippen LogP) is 4.30. The van der Waals surface area contributed by atoms with E-state index in [-0.39, 0.29) is 5.91 Å². The predicted molar refractivity (Wildman–Crippen MR) is 113 cm³/mol. The van der Waals surface area contributed by atoms with Crippen molar-refractivity contribution >= 4 is 16.8 Å². The van der Waals surface area contributed by atoms with Crippen LogP contribution in [0.3, 0.4) is 0 Å². The topological polar surface area (TPSA) is 58.4 Å². The molecule has 2 aliphatic heterocycles. The number of nitrogens with one attached hydrogen (secondary N) is 1. The molecule has 2 fully saturated rings. The molecule has 2 aliphatic rings. The molecule has 5 heteroatoms. The average Bonchev–Trinajstić information content (AvgIpc) is 3.20. The molecule has 150 valence electrons. The minimum absolute atomic E-state index is 0.207. The summed E-state index contributed by atoms with van der Waals surface area (Å²) in [7, 11) is 0. The number of aryl methyl sites for hydroxylation is 1. The van der Waals surface area contributed by atoms with Gasteiger partial charge < -0.3 is 9.73 Å². The molecule has 5 rings (SSSR count). The van der Waals surface area contributed by atoms with Crippen molar-refractivity contribution < 1.29 is 9.21 Å². The van der Waals surface area contributed by atoms with Crippen molar-refractivity contribution in [1.29, 1.82) is 0 Å². The van der Waals surface area contributed by atoms with Gasteiger partial charge >= 0.3 is 0 Å². The van der Waals surface area contributed by atoms with Crippen molar-refractivity contribution in [1.82, 2.24) is 15.2 Å². The van der Waals surface area contributed by atoms with Crippen molar-refractivity contribution in [3.63, 3.8) is 0 Å². The summed E-state index contributed by atoms with van der Waals surface area (Å²) in [5, 5.41) is 4.22. The van der Waals surface area contributed by atoms with Crippen LogP contribution in [0.25, 0.3) is 22.4 Å². The number of likely N-dealkylation sites (tertiary alicyclic amines) is 1. The Labute approximate surface area is 171 Å². The number of nitrogens with zero attached hydrogens (tertiary/aromatic N) is 2. The van der Waals surface area contributed by atoms with Gasteiger partial charge in [-0.15, -0.1) is 0 Å². The lowest BCUT2D eigenvalue weighted by Gasteiger charge is -2.43. The van der Waals surface area contributed by atoms with E-state index in [1.807, 2.05) is 24.3 Å². The molecular formula is C24H27N3O2. The molecule has 1 spiro atoms. The summed E-state index contributed by atoms with van der Waals surface area (Å²) in [6, 6.07) is 14.5. The van der Waals surface area contributed by atoms with Gasteiger partial charge in [0.15, 0.2) is 5.76 Å². The van der Waals surface area contributed by atoms with Crippen LogP contribution in [0, 0.1) is 12.3 Å². The molecule has 4 heterocycles. The highest BCUT2D eigenvalue weighted by molar-refractivity contribution is 5.82. The second-order valence-corrected chi connectivity index (χ2v) is 8.67. The largest absolute Gasteiger partial charge is 0.458 e. The van der Waals surface area contributed by atoms with Gasteiger partial charge in [0.25, 0.3) is 0 Å². The molecule has 0 aliphatic carbocycles. The Kier molecular flexibility index (Phi) is 4.63. The standard InChI is InChI=1S/C24H27N3O2/c1-17-14-18-4-2-3-5-20(18)26-23(17)21-7-6-19(29-21)15-27-12-10-24(11-13-27)9-8-22(28)25-16-24/h2-7,14H,8-13,15-16H2,1H3,(H,25,28). The number of hydrogen-bond acceptors (Lipinski definition) is 4. The number of para-hydroxylation sites is 1. The fourth-order valence-corrected chi connectivity index (χ4v) is 4.74. The van der Waals surface area contributed by atoms with Crippen molar-refractivity contribution in [3.8, 4) is 11.5 Å². The SMILES string of the molecule is Cc1cc2ccccc2nc1-c1ccc(CN2CCC3(CCC(=O)NC3)CC2)o1. The second kappa shape index (κ2) is 7.30. The zero-order valence-electron chi connectivity index (χ0n) is 16.9. The van der Waals surface area contributed by atoms with Gasteiger partial charge in [-0.05, 0) is 74.5 Å². The number of rotatable bonds is 3. The number of hydrogen-bond donors (Lipinski definition) is 1. The van der Waals surface area contributed by atoms with E-state index >= 15 is 0 Å². The zero-order chi connectivity index (χ0) is 19.8. The Morgan fingerprint density at radius 2 is 1.97 bits per heavy atom. The van der Waals surface area contributed by atoms with E-state index < -0.39 is 0 Å². The third-order valence-corrected chi connectivity index (χ3v) is 6.65. The summed E-state index contributed by atoms with van der Waals surface area (Å²) < 4.78 is 6.19. The maximum absolute atomic E-state index is 11.5. The van der Waals surface area contributed by atoms with Crippen molar-refractivity contribution in [2.75, 3.05) is 19.6 Å². The van der Waals surface area contributed by atoms with Crippen LogP contribution in [0.2, 0.25) is 0 Å². The molecule has 2 saturated heterocycles. The molecule has 29 heavy (non-hydrogen) atoms. The lowest BCUT2D eigenvalue weighted by Crippen LogP contribution is -2.49. The first-order chi connectivity index (χ1) is 14.1. The number of pyridine rings is 1. The van der Waals surface area contributed by atoms with E-state index in [2.05, 4.69) is 35.3 Å². The van der Waals surface area contributed by atoms with Gasteiger partial charge in [0, 0.05) is 18.4 Å². The van der Waals surface area contributed by atoms with Crippen molar-refractivity contribution in [2.24, 2.45) is 5.41 Å². The number of piperidine rings is 2. The van der Waals surface area contributed by atoms with E-state index in [9.17, 15) is 4.79 Å². The summed E-state index contributed by atoms with van der Waals surface area (Å²) in [5.41, 5.74) is 3.35. The molecule has 0 atom stereocenters. The Morgan fingerprint density at radius 3 is 2.76 bits per heavy atom. The lowest BCUT2D eigenvalue weighted by atomic mass is 9.73. The Morgan fingerprint density at radius 1 is 1.14 bits per heavy atom. The van der Waals surface area contributed by atoms with Gasteiger partial charge in [0.2, 0.25) is 5.91 Å². The summed E-state index contributed by atoms with van der Waals surface area (Å²) in [6.07, 6.45) is 4.00. The second-order valence-electron chi connectivity index (χ2n) is 8.67. The fraction of sp³-hybridized carbons (Fsp3) is 0.417. The van der Waals surface area contributed by atoms with Crippen LogP contribution in [0.4, 0.5) is 0 Å². The molecule has 1 aromatic carbocycles. The summed E-state index contributed by atoms with van der Waals surface area (Å²) >= 11 is 0. The van der Waals surface area contributed by atoms with E-state index in [0.717, 1.165) is 79.1 Å². The normalized spacial score (nSPS) is 19.6. The molecular weight excluding hydrogens is 362 g/mol. The van der Waals surface area contributed by atoms with Crippen molar-refractivity contribution in [3.05, 3.63) is 53.8 Å². The van der Waals surface area contributed by atoms with E-state index in [4.69, 9.17) is 9.40 Å². The van der Waals surface area contributed by atoms with Crippen LogP contribution >= 0.6 is 0 Å². The smallest absolute Gasteiger partial charge is 0.220 e. The van der Waals surface area contributed by atoms with Gasteiger partial charge in [0.1, 0.15) is 11.5 Å². The lowest BCUT2D eigenvalue weighted by molar-refractivity contribution is -0.125. The number of carbonyl (C=O) groups is 1. The third kappa shape index (κ3) is 3.67. The van der Waals surface area contributed by atoms with Crippen LogP contribution in [0.1, 0.15) is 37.0 Å². The number of aromatic nitrogens is 1. The molecule has 0 bridgehead atoms. The highest BCUT2D eigenvalue weighted by Crippen LogP contribution is 2.38. The van der Waals surface area contributed by atoms with Crippen LogP contribution in [0.5, 0.6) is 0 Å². The summed E-state index contributed by atoms with van der Waals surface area (Å²) in [4.78, 5) is 18.8. The molecule has 0 radical (unpaired) electrons. The Hall–Kier alpha value is -2.66. The quantitative estimate of drug-likeness (QED) is 0.726. The fourth-order valence-electron chi connectivity index (χ4n) is 4.74. The van der Waals surface area contributed by atoms with Gasteiger partial charge in [-0.3, -0.25) is 9.69 Å². The first kappa shape index (κ1) is 18.4. The minimum atomic E-state index is 0.207. The number of fused-ring (bicyclic) bond motifs is 1. The Bertz CT molecular complexity index is 1040. The van der Waals surface area contributed by atoms with Gasteiger partial charge in [0.05, 0.1) is 12.1 Å². The molecule has 1 amide bonds. The summed E-state index contributed by atoms with van der Waals surface area (Å²) in [6.45, 7) is 5.87. The maximum atomic E-state index is 11.5. The Balaban J connectivity index is 1.27. The number of benzene rings is 1. The molecule has 3 aromatic rings. The molecule has 5 nitrogen and oxygen atoms in total. The van der Waals surface area contributed by atoms with E-state index in [1.165, 1.54) is 0 Å². The molecule has 0 saturated carbocycles. The molecule has 0 unspecified atom stereocenters. The van der Waals surface area contributed by atoms with Crippen molar-refractivity contribution in [2.45, 2.75) is 39.2 Å². The van der Waals surface area contributed by atoms with Gasteiger partial charge in [-0.1, -0.05) is 18.2 Å². The van der Waals surface area contributed by atoms with Gasteiger partial charge in [-0.25, -0.2) is 4.98 Å². The van der Waals surface area contributed by atoms with Crippen LogP contribution < -0.4 is 5.32 Å². The zero-order valence-corrected chi connectivity index (χ0v) is 16.9. The first-order valence-corrected chi connectivity index (χ1v) is 10.5. The van der Waals surface area contributed by atoms with Crippen LogP contribution in [0.15, 0.2) is 46.9 Å². The first-order valence-electron chi connectivity index (χ1n) is 10.5. The number of carbonyl (C=O) groups excluding carboxylic acids is 1. The highest BCUT2D eigenvalue weighted by atomic mass is 16.3. The minimum Gasteiger partial charge on any atom is -0.458 e. The third-order valence-electron chi connectivity index (χ3n) is 6.65. The molecule has 2 aromatic heterocycles. The van der Waals surface area contributed by atoms with Crippen LogP contribution in [-0.4, -0.2) is 35.4 Å². The molecule has 1 N–H and O–H groups in total.